The number of aliphatic hydroxyl groups excluding tert-OH is 1. The smallest absolute Gasteiger partial charge is 0.397 e. The molecule has 0 saturated heterocycles. The summed E-state index contributed by atoms with van der Waals surface area (Å²) >= 11 is 0. The third kappa shape index (κ3) is 3.68. The quantitative estimate of drug-likeness (QED) is 0.289. The fourth-order valence-corrected chi connectivity index (χ4v) is 11.5. The zero-order valence-corrected chi connectivity index (χ0v) is 25.0. The maximum absolute atomic E-state index is 13.1. The van der Waals surface area contributed by atoms with Crippen molar-refractivity contribution in [1.29, 1.82) is 0 Å². The van der Waals surface area contributed by atoms with E-state index in [1.165, 1.54) is 5.57 Å². The van der Waals surface area contributed by atoms with E-state index in [4.69, 9.17) is 4.18 Å². The van der Waals surface area contributed by atoms with Crippen molar-refractivity contribution in [3.05, 3.63) is 11.6 Å². The van der Waals surface area contributed by atoms with E-state index in [-0.39, 0.29) is 40.1 Å². The number of fused-ring (bicyclic) bond motifs is 7. The molecule has 3 N–H and O–H groups in total. The van der Waals surface area contributed by atoms with Gasteiger partial charge in [0.05, 0.1) is 12.2 Å². The van der Waals surface area contributed by atoms with Crippen molar-refractivity contribution in [3.8, 4) is 0 Å². The largest absolute Gasteiger partial charge is 0.481 e. The van der Waals surface area contributed by atoms with Crippen molar-refractivity contribution < 1.29 is 32.2 Å². The van der Waals surface area contributed by atoms with Gasteiger partial charge < -0.3 is 10.2 Å². The molecule has 7 nitrogen and oxygen atoms in total. The number of aliphatic carboxylic acids is 1. The van der Waals surface area contributed by atoms with Gasteiger partial charge in [0.2, 0.25) is 0 Å². The van der Waals surface area contributed by atoms with Crippen LogP contribution in [0, 0.1) is 50.2 Å². The Hall–Kier alpha value is -0.960. The Morgan fingerprint density at radius 1 is 0.947 bits per heavy atom. The highest BCUT2D eigenvalue weighted by atomic mass is 32.3. The van der Waals surface area contributed by atoms with Crippen LogP contribution in [-0.2, 0) is 19.4 Å². The van der Waals surface area contributed by atoms with Crippen LogP contribution < -0.4 is 0 Å². The average molecular weight is 553 g/mol. The van der Waals surface area contributed by atoms with Crippen molar-refractivity contribution in [2.75, 3.05) is 0 Å². The SMILES string of the molecule is CC1(C)CC[C@]2(C(=O)O)[C@H](OS(=O)(=O)O)C[C@]3(C)C(=CC[C@@H]4[C@@]5(C)CC[C@H](O)C(C)(C)[C@@H]5CC[C@]43C)[C@@H]2C1. The molecule has 8 heteroatoms. The van der Waals surface area contributed by atoms with Crippen LogP contribution in [0.25, 0.3) is 0 Å². The molecule has 4 saturated carbocycles. The van der Waals surface area contributed by atoms with Crippen LogP contribution in [0.4, 0.5) is 0 Å². The summed E-state index contributed by atoms with van der Waals surface area (Å²) in [7, 11) is -4.85. The first kappa shape index (κ1) is 28.6. The second kappa shape index (κ2) is 8.29. The highest BCUT2D eigenvalue weighted by Gasteiger charge is 2.72. The van der Waals surface area contributed by atoms with Crippen LogP contribution in [0.3, 0.4) is 0 Å². The third-order valence-electron chi connectivity index (χ3n) is 13.3. The Kier molecular flexibility index (Phi) is 6.23. The van der Waals surface area contributed by atoms with Gasteiger partial charge in [0.25, 0.3) is 0 Å². The number of hydrogen-bond acceptors (Lipinski definition) is 5. The van der Waals surface area contributed by atoms with E-state index in [0.717, 1.165) is 32.1 Å². The van der Waals surface area contributed by atoms with E-state index in [2.05, 4.69) is 54.5 Å². The molecule has 5 aliphatic carbocycles. The predicted octanol–water partition coefficient (Wildman–Crippen LogP) is 6.03. The number of allylic oxidation sites excluding steroid dienone is 2. The number of carboxylic acid groups (broad SMARTS) is 1. The van der Waals surface area contributed by atoms with Crippen molar-refractivity contribution in [2.45, 2.75) is 118 Å². The maximum atomic E-state index is 13.1. The lowest BCUT2D eigenvalue weighted by molar-refractivity contribution is -0.216. The fourth-order valence-electron chi connectivity index (χ4n) is 11.0. The molecule has 5 aliphatic rings. The molecule has 216 valence electrons. The Balaban J connectivity index is 1.68. The summed E-state index contributed by atoms with van der Waals surface area (Å²) < 4.78 is 39.5. The zero-order chi connectivity index (χ0) is 28.3. The van der Waals surface area contributed by atoms with Crippen LogP contribution in [0.2, 0.25) is 0 Å². The number of carboxylic acids is 1. The highest BCUT2D eigenvalue weighted by Crippen LogP contribution is 2.76. The lowest BCUT2D eigenvalue weighted by atomic mass is 9.33. The molecule has 0 unspecified atom stereocenters. The molecule has 0 heterocycles. The Labute approximate surface area is 228 Å². The normalized spacial score (nSPS) is 49.5. The summed E-state index contributed by atoms with van der Waals surface area (Å²) in [4.78, 5) is 13.1. The van der Waals surface area contributed by atoms with Gasteiger partial charge in [-0.2, -0.15) is 8.42 Å². The van der Waals surface area contributed by atoms with Gasteiger partial charge in [-0.1, -0.05) is 60.1 Å². The van der Waals surface area contributed by atoms with Crippen molar-refractivity contribution in [2.24, 2.45) is 50.2 Å². The van der Waals surface area contributed by atoms with Gasteiger partial charge in [0.15, 0.2) is 0 Å². The molecule has 0 aliphatic heterocycles. The minimum Gasteiger partial charge on any atom is -0.481 e. The summed E-state index contributed by atoms with van der Waals surface area (Å²) in [6.07, 6.45) is 7.23. The van der Waals surface area contributed by atoms with E-state index < -0.39 is 33.3 Å². The van der Waals surface area contributed by atoms with Gasteiger partial charge >= 0.3 is 16.4 Å². The molecule has 0 radical (unpaired) electrons. The Morgan fingerprint density at radius 3 is 2.21 bits per heavy atom. The van der Waals surface area contributed by atoms with Crippen molar-refractivity contribution >= 4 is 16.4 Å². The first-order valence-corrected chi connectivity index (χ1v) is 15.9. The van der Waals surface area contributed by atoms with Crippen molar-refractivity contribution in [3.63, 3.8) is 0 Å². The summed E-state index contributed by atoms with van der Waals surface area (Å²) in [6, 6.07) is 0. The Morgan fingerprint density at radius 2 is 1.61 bits per heavy atom. The highest BCUT2D eigenvalue weighted by molar-refractivity contribution is 7.80. The molecule has 0 bridgehead atoms. The van der Waals surface area contributed by atoms with Gasteiger partial charge in [-0.15, -0.1) is 0 Å². The lowest BCUT2D eigenvalue weighted by Gasteiger charge is -2.71. The van der Waals surface area contributed by atoms with Crippen LogP contribution in [0.5, 0.6) is 0 Å². The summed E-state index contributed by atoms with van der Waals surface area (Å²) in [5.74, 6) is -0.701. The second-order valence-corrected chi connectivity index (χ2v) is 16.7. The van der Waals surface area contributed by atoms with Gasteiger partial charge in [-0.05, 0) is 103 Å². The second-order valence-electron chi connectivity index (χ2n) is 15.7. The minimum atomic E-state index is -4.85. The molecule has 0 aromatic carbocycles. The molecule has 4 fully saturated rings. The minimum absolute atomic E-state index is 0.00729. The number of hydrogen-bond donors (Lipinski definition) is 3. The first-order chi connectivity index (χ1) is 17.2. The van der Waals surface area contributed by atoms with E-state index in [0.29, 0.717) is 31.1 Å². The molecule has 0 spiro atoms. The molecule has 38 heavy (non-hydrogen) atoms. The number of carbonyl (C=O) groups is 1. The average Bonchev–Trinajstić information content (AvgIpc) is 2.75. The van der Waals surface area contributed by atoms with Crippen LogP contribution in [0.15, 0.2) is 11.6 Å². The lowest BCUT2D eigenvalue weighted by Crippen LogP contribution is -2.68. The summed E-state index contributed by atoms with van der Waals surface area (Å²) in [6.45, 7) is 15.7. The summed E-state index contributed by atoms with van der Waals surface area (Å²) in [5.41, 5.74) is -1.17. The number of aliphatic hydroxyl groups is 1. The van der Waals surface area contributed by atoms with Crippen molar-refractivity contribution in [1.82, 2.24) is 0 Å². The first-order valence-electron chi connectivity index (χ1n) is 14.5. The van der Waals surface area contributed by atoms with E-state index in [9.17, 15) is 28.0 Å². The monoisotopic (exact) mass is 552 g/mol. The molecule has 0 aromatic heterocycles. The number of rotatable bonds is 3. The van der Waals surface area contributed by atoms with Gasteiger partial charge in [0, 0.05) is 0 Å². The van der Waals surface area contributed by atoms with Gasteiger partial charge in [0.1, 0.15) is 5.41 Å². The van der Waals surface area contributed by atoms with Crippen LogP contribution in [-0.4, -0.2) is 41.4 Å². The molecular weight excluding hydrogens is 504 g/mol. The van der Waals surface area contributed by atoms with Crippen LogP contribution in [0.1, 0.15) is 106 Å². The topological polar surface area (TPSA) is 121 Å². The molecule has 5 rings (SSSR count). The predicted molar refractivity (Wildman–Crippen MR) is 144 cm³/mol. The summed E-state index contributed by atoms with van der Waals surface area (Å²) in [5, 5.41) is 21.6. The molecule has 0 amide bonds. The molecule has 0 aromatic rings. The zero-order valence-electron chi connectivity index (χ0n) is 24.2. The van der Waals surface area contributed by atoms with Gasteiger partial charge in [-0.25, -0.2) is 4.18 Å². The molecular formula is C30H48O7S. The van der Waals surface area contributed by atoms with E-state index >= 15 is 0 Å². The fraction of sp³-hybridized carbons (Fsp3) is 0.900. The standard InChI is InChI=1S/C30H48O7S/c1-25(2)14-15-30(24(32)33)19(16-25)18-8-9-21-27(5)12-11-22(31)26(3,4)20(27)10-13-28(21,6)29(18,7)17-23(30)37-38(34,35)36/h8,19-23,31H,9-17H2,1-7H3,(H,32,33)(H,34,35,36)/t19-,20-,21+,22-,23+,27-,28+,29+,30+/m0/s1. The van der Waals surface area contributed by atoms with E-state index in [1.54, 1.807) is 0 Å². The van der Waals surface area contributed by atoms with Gasteiger partial charge in [-0.3, -0.25) is 9.35 Å². The Bertz CT molecular complexity index is 1160. The van der Waals surface area contributed by atoms with E-state index in [1.807, 2.05) is 0 Å². The third-order valence-corrected chi connectivity index (χ3v) is 13.7. The maximum Gasteiger partial charge on any atom is 0.397 e. The molecule has 9 atom stereocenters. The van der Waals surface area contributed by atoms with Crippen LogP contribution >= 0.6 is 0 Å².